The Hall–Kier alpha value is -0.980. The Morgan fingerprint density at radius 1 is 1.41 bits per heavy atom. The predicted octanol–water partition coefficient (Wildman–Crippen LogP) is 2.40. The van der Waals surface area contributed by atoms with Crippen molar-refractivity contribution >= 4 is 33.1 Å². The fourth-order valence-corrected chi connectivity index (χ4v) is 2.92. The maximum Gasteiger partial charge on any atom is 0.151 e. The maximum atomic E-state index is 5.48. The highest BCUT2D eigenvalue weighted by Crippen LogP contribution is 2.22. The second-order valence-electron chi connectivity index (χ2n) is 3.67. The molecule has 0 bridgehead atoms. The highest BCUT2D eigenvalue weighted by atomic mass is 79.9. The molecule has 2 aromatic rings. The molecule has 0 amide bonds. The normalized spacial score (nSPS) is 10.5. The van der Waals surface area contributed by atoms with E-state index in [2.05, 4.69) is 42.5 Å². The second kappa shape index (κ2) is 5.57. The van der Waals surface area contributed by atoms with E-state index in [0.29, 0.717) is 6.54 Å². The van der Waals surface area contributed by atoms with Crippen LogP contribution >= 0.6 is 27.3 Å². The van der Waals surface area contributed by atoms with Crippen molar-refractivity contribution in [2.45, 2.75) is 13.1 Å². The molecule has 17 heavy (non-hydrogen) atoms. The number of thiophene rings is 1. The van der Waals surface area contributed by atoms with Gasteiger partial charge in [0.15, 0.2) is 5.82 Å². The summed E-state index contributed by atoms with van der Waals surface area (Å²) in [5.41, 5.74) is 6.29. The number of rotatable bonds is 4. The first kappa shape index (κ1) is 12.5. The third kappa shape index (κ3) is 3.24. The lowest BCUT2D eigenvalue weighted by molar-refractivity contribution is 0.842. The molecule has 2 rings (SSSR count). The Labute approximate surface area is 113 Å². The van der Waals surface area contributed by atoms with Crippen LogP contribution < -0.4 is 10.6 Å². The van der Waals surface area contributed by atoms with Gasteiger partial charge in [0.1, 0.15) is 0 Å². The second-order valence-corrected chi connectivity index (χ2v) is 5.59. The van der Waals surface area contributed by atoms with Crippen molar-refractivity contribution in [1.29, 1.82) is 0 Å². The van der Waals surface area contributed by atoms with Crippen molar-refractivity contribution in [2.75, 3.05) is 11.9 Å². The van der Waals surface area contributed by atoms with Crippen LogP contribution in [0.3, 0.4) is 0 Å². The standard InChI is InChI=1S/C11H13BrN4S/c1-16(6-10-4-8(12)7-17-10)11-3-2-9(5-13)14-15-11/h2-4,7H,5-6,13H2,1H3. The van der Waals surface area contributed by atoms with Gasteiger partial charge in [-0.3, -0.25) is 0 Å². The average molecular weight is 313 g/mol. The van der Waals surface area contributed by atoms with Gasteiger partial charge in [0, 0.05) is 28.3 Å². The van der Waals surface area contributed by atoms with Crippen molar-refractivity contribution in [3.63, 3.8) is 0 Å². The van der Waals surface area contributed by atoms with E-state index in [-0.39, 0.29) is 0 Å². The van der Waals surface area contributed by atoms with Crippen LogP contribution in [0, 0.1) is 0 Å². The lowest BCUT2D eigenvalue weighted by Gasteiger charge is -2.16. The topological polar surface area (TPSA) is 55.0 Å². The smallest absolute Gasteiger partial charge is 0.151 e. The fourth-order valence-electron chi connectivity index (χ4n) is 1.42. The van der Waals surface area contributed by atoms with Gasteiger partial charge in [-0.15, -0.1) is 16.4 Å². The highest BCUT2D eigenvalue weighted by molar-refractivity contribution is 9.10. The number of nitrogens with zero attached hydrogens (tertiary/aromatic N) is 3. The zero-order chi connectivity index (χ0) is 12.3. The van der Waals surface area contributed by atoms with Crippen molar-refractivity contribution < 1.29 is 0 Å². The van der Waals surface area contributed by atoms with Crippen LogP contribution in [0.5, 0.6) is 0 Å². The molecule has 0 spiro atoms. The minimum absolute atomic E-state index is 0.425. The van der Waals surface area contributed by atoms with Gasteiger partial charge in [-0.2, -0.15) is 5.10 Å². The third-order valence-electron chi connectivity index (χ3n) is 2.32. The molecule has 0 aliphatic carbocycles. The van der Waals surface area contributed by atoms with E-state index in [9.17, 15) is 0 Å². The third-order valence-corrected chi connectivity index (χ3v) is 4.00. The summed E-state index contributed by atoms with van der Waals surface area (Å²) < 4.78 is 1.12. The molecule has 0 aromatic carbocycles. The summed E-state index contributed by atoms with van der Waals surface area (Å²) in [5.74, 6) is 0.853. The molecule has 0 saturated carbocycles. The van der Waals surface area contributed by atoms with Crippen LogP contribution in [-0.2, 0) is 13.1 Å². The lowest BCUT2D eigenvalue weighted by Crippen LogP contribution is -2.17. The minimum Gasteiger partial charge on any atom is -0.353 e. The number of anilines is 1. The molecule has 2 aromatic heterocycles. The molecule has 0 radical (unpaired) electrons. The van der Waals surface area contributed by atoms with Crippen molar-refractivity contribution in [3.8, 4) is 0 Å². The monoisotopic (exact) mass is 312 g/mol. The first-order valence-electron chi connectivity index (χ1n) is 5.16. The molecule has 0 unspecified atom stereocenters. The quantitative estimate of drug-likeness (QED) is 0.942. The Morgan fingerprint density at radius 3 is 2.76 bits per heavy atom. The number of halogens is 1. The van der Waals surface area contributed by atoms with Crippen molar-refractivity contribution in [3.05, 3.63) is 38.6 Å². The van der Waals surface area contributed by atoms with E-state index in [1.165, 1.54) is 4.88 Å². The first-order valence-corrected chi connectivity index (χ1v) is 6.83. The SMILES string of the molecule is CN(Cc1cc(Br)cs1)c1ccc(CN)nn1. The summed E-state index contributed by atoms with van der Waals surface area (Å²) in [4.78, 5) is 3.34. The zero-order valence-electron chi connectivity index (χ0n) is 9.43. The largest absolute Gasteiger partial charge is 0.353 e. The van der Waals surface area contributed by atoms with E-state index in [4.69, 9.17) is 5.73 Å². The molecule has 0 aliphatic heterocycles. The van der Waals surface area contributed by atoms with Crippen molar-refractivity contribution in [2.24, 2.45) is 5.73 Å². The average Bonchev–Trinajstić information content (AvgIpc) is 2.75. The molecule has 0 saturated heterocycles. The van der Waals surface area contributed by atoms with Crippen LogP contribution in [0.1, 0.15) is 10.6 Å². The van der Waals surface area contributed by atoms with Crippen LogP contribution in [0.2, 0.25) is 0 Å². The van der Waals surface area contributed by atoms with E-state index in [1.807, 2.05) is 19.2 Å². The Morgan fingerprint density at radius 2 is 2.24 bits per heavy atom. The van der Waals surface area contributed by atoms with Gasteiger partial charge in [-0.25, -0.2) is 0 Å². The molecule has 0 atom stereocenters. The summed E-state index contributed by atoms with van der Waals surface area (Å²) in [6.45, 7) is 1.25. The number of aromatic nitrogens is 2. The van der Waals surface area contributed by atoms with Gasteiger partial charge >= 0.3 is 0 Å². The molecule has 4 nitrogen and oxygen atoms in total. The lowest BCUT2D eigenvalue weighted by atomic mass is 10.3. The Balaban J connectivity index is 2.06. The summed E-state index contributed by atoms with van der Waals surface area (Å²) in [5, 5.41) is 10.3. The van der Waals surface area contributed by atoms with Gasteiger partial charge < -0.3 is 10.6 Å². The molecule has 0 aliphatic rings. The Kier molecular flexibility index (Phi) is 4.09. The number of hydrogen-bond acceptors (Lipinski definition) is 5. The maximum absolute atomic E-state index is 5.48. The fraction of sp³-hybridized carbons (Fsp3) is 0.273. The molecule has 2 N–H and O–H groups in total. The minimum atomic E-state index is 0.425. The van der Waals surface area contributed by atoms with Crippen LogP contribution in [0.4, 0.5) is 5.82 Å². The first-order chi connectivity index (χ1) is 8.19. The molecule has 2 heterocycles. The molecule has 90 valence electrons. The van der Waals surface area contributed by atoms with Crippen LogP contribution in [0.15, 0.2) is 28.1 Å². The summed E-state index contributed by atoms with van der Waals surface area (Å²) in [6.07, 6.45) is 0. The van der Waals surface area contributed by atoms with Crippen LogP contribution in [-0.4, -0.2) is 17.2 Å². The number of nitrogens with two attached hydrogens (primary N) is 1. The zero-order valence-corrected chi connectivity index (χ0v) is 11.8. The highest BCUT2D eigenvalue weighted by Gasteiger charge is 2.06. The van der Waals surface area contributed by atoms with E-state index in [1.54, 1.807) is 11.3 Å². The van der Waals surface area contributed by atoms with Gasteiger partial charge in [-0.1, -0.05) is 0 Å². The number of hydrogen-bond donors (Lipinski definition) is 1. The van der Waals surface area contributed by atoms with E-state index >= 15 is 0 Å². The molecule has 0 fully saturated rings. The molecular weight excluding hydrogens is 300 g/mol. The van der Waals surface area contributed by atoms with Gasteiger partial charge in [-0.05, 0) is 34.1 Å². The summed E-state index contributed by atoms with van der Waals surface area (Å²) >= 11 is 5.17. The molecular formula is C11H13BrN4S. The summed E-state index contributed by atoms with van der Waals surface area (Å²) in [6, 6.07) is 5.96. The van der Waals surface area contributed by atoms with Gasteiger partial charge in [0.2, 0.25) is 0 Å². The van der Waals surface area contributed by atoms with E-state index in [0.717, 1.165) is 22.5 Å². The predicted molar refractivity (Wildman–Crippen MR) is 74.0 cm³/mol. The van der Waals surface area contributed by atoms with Gasteiger partial charge in [0.25, 0.3) is 0 Å². The van der Waals surface area contributed by atoms with E-state index < -0.39 is 0 Å². The van der Waals surface area contributed by atoms with Gasteiger partial charge in [0.05, 0.1) is 12.2 Å². The summed E-state index contributed by atoms with van der Waals surface area (Å²) in [7, 11) is 2.00. The van der Waals surface area contributed by atoms with Crippen LogP contribution in [0.25, 0.3) is 0 Å². The molecule has 6 heteroatoms. The Bertz CT molecular complexity index is 482. The van der Waals surface area contributed by atoms with Crippen molar-refractivity contribution in [1.82, 2.24) is 10.2 Å².